The van der Waals surface area contributed by atoms with E-state index in [0.717, 1.165) is 5.56 Å². The largest absolute Gasteiger partial charge is 0.508 e. The zero-order valence-electron chi connectivity index (χ0n) is 9.10. The average molecular weight is 218 g/mol. The number of phenolic OH excluding ortho intramolecular Hbond substituents is 1. The molecule has 1 aromatic carbocycles. The van der Waals surface area contributed by atoms with Crippen molar-refractivity contribution in [1.29, 1.82) is 5.26 Å². The molecule has 0 aliphatic heterocycles. The summed E-state index contributed by atoms with van der Waals surface area (Å²) in [6.45, 7) is 1.84. The Labute approximate surface area is 94.5 Å². The Morgan fingerprint density at radius 1 is 1.62 bits per heavy atom. The normalized spacial score (nSPS) is 11.5. The molecule has 0 radical (unpaired) electrons. The maximum absolute atomic E-state index is 11.5. The Bertz CT molecular complexity index is 410. The van der Waals surface area contributed by atoms with E-state index in [0.29, 0.717) is 6.42 Å². The summed E-state index contributed by atoms with van der Waals surface area (Å²) in [6, 6.07) is 8.08. The fourth-order valence-corrected chi connectivity index (χ4v) is 1.32. The number of aromatic hydroxyl groups is 1. The van der Waals surface area contributed by atoms with Crippen molar-refractivity contribution in [3.63, 3.8) is 0 Å². The number of hydrogen-bond acceptors (Lipinski definition) is 3. The number of nitriles is 1. The number of hydrogen-bond donors (Lipinski definition) is 2. The number of phenols is 1. The van der Waals surface area contributed by atoms with Crippen LogP contribution in [0.3, 0.4) is 0 Å². The van der Waals surface area contributed by atoms with Crippen LogP contribution in [0.4, 0.5) is 0 Å². The van der Waals surface area contributed by atoms with Gasteiger partial charge >= 0.3 is 0 Å². The van der Waals surface area contributed by atoms with Crippen LogP contribution in [0.5, 0.6) is 5.75 Å². The standard InChI is InChI=1S/C12H14N2O2/c1-2-10(8-13)14-12(16)7-9-4-3-5-11(15)6-9/h3-6,10,15H,2,7H2,1H3,(H,14,16). The molecular weight excluding hydrogens is 204 g/mol. The summed E-state index contributed by atoms with van der Waals surface area (Å²) in [5.74, 6) is -0.0726. The molecule has 0 fully saturated rings. The Morgan fingerprint density at radius 2 is 2.38 bits per heavy atom. The third-order valence-electron chi connectivity index (χ3n) is 2.17. The van der Waals surface area contributed by atoms with E-state index in [2.05, 4.69) is 5.32 Å². The van der Waals surface area contributed by atoms with Gasteiger partial charge in [0.1, 0.15) is 11.8 Å². The van der Waals surface area contributed by atoms with Gasteiger partial charge in [-0.1, -0.05) is 19.1 Å². The summed E-state index contributed by atoms with van der Waals surface area (Å²) in [4.78, 5) is 11.5. The molecule has 0 aromatic heterocycles. The molecule has 4 nitrogen and oxygen atoms in total. The highest BCUT2D eigenvalue weighted by atomic mass is 16.3. The van der Waals surface area contributed by atoms with E-state index in [1.807, 2.05) is 13.0 Å². The van der Waals surface area contributed by atoms with Crippen molar-refractivity contribution in [2.45, 2.75) is 25.8 Å². The lowest BCUT2D eigenvalue weighted by atomic mass is 10.1. The topological polar surface area (TPSA) is 73.1 Å². The van der Waals surface area contributed by atoms with Gasteiger partial charge in [0.05, 0.1) is 12.5 Å². The number of nitrogens with zero attached hydrogens (tertiary/aromatic N) is 1. The van der Waals surface area contributed by atoms with Gasteiger partial charge in [-0.2, -0.15) is 5.26 Å². The molecule has 2 N–H and O–H groups in total. The fraction of sp³-hybridized carbons (Fsp3) is 0.333. The van der Waals surface area contributed by atoms with Crippen molar-refractivity contribution in [3.8, 4) is 11.8 Å². The van der Waals surface area contributed by atoms with E-state index in [1.54, 1.807) is 18.2 Å². The first-order valence-electron chi connectivity index (χ1n) is 5.12. The second kappa shape index (κ2) is 5.76. The van der Waals surface area contributed by atoms with Gasteiger partial charge in [0.15, 0.2) is 0 Å². The third-order valence-corrected chi connectivity index (χ3v) is 2.17. The lowest BCUT2D eigenvalue weighted by Gasteiger charge is -2.09. The predicted octanol–water partition coefficient (Wildman–Crippen LogP) is 1.35. The van der Waals surface area contributed by atoms with Crippen LogP contribution in [-0.4, -0.2) is 17.1 Å². The molecule has 84 valence electrons. The first-order chi connectivity index (χ1) is 7.65. The van der Waals surface area contributed by atoms with E-state index in [9.17, 15) is 9.90 Å². The maximum atomic E-state index is 11.5. The number of rotatable bonds is 4. The SMILES string of the molecule is CCC(C#N)NC(=O)Cc1cccc(O)c1. The van der Waals surface area contributed by atoms with E-state index < -0.39 is 6.04 Å². The minimum absolute atomic E-state index is 0.137. The number of carbonyl (C=O) groups excluding carboxylic acids is 1. The second-order valence-corrected chi connectivity index (χ2v) is 3.50. The summed E-state index contributed by atoms with van der Waals surface area (Å²) in [5.41, 5.74) is 0.727. The minimum atomic E-state index is -0.440. The monoisotopic (exact) mass is 218 g/mol. The average Bonchev–Trinajstić information content (AvgIpc) is 2.26. The predicted molar refractivity (Wildman–Crippen MR) is 59.6 cm³/mol. The van der Waals surface area contributed by atoms with Crippen LogP contribution >= 0.6 is 0 Å². The molecule has 1 aromatic rings. The molecule has 0 bridgehead atoms. The van der Waals surface area contributed by atoms with Crippen LogP contribution in [-0.2, 0) is 11.2 Å². The van der Waals surface area contributed by atoms with Gasteiger partial charge in [-0.3, -0.25) is 4.79 Å². The van der Waals surface area contributed by atoms with Gasteiger partial charge in [0.2, 0.25) is 5.91 Å². The summed E-state index contributed by atoms with van der Waals surface area (Å²) < 4.78 is 0. The summed E-state index contributed by atoms with van der Waals surface area (Å²) in [6.07, 6.45) is 0.759. The molecular formula is C12H14N2O2. The molecule has 0 heterocycles. The molecule has 4 heteroatoms. The molecule has 16 heavy (non-hydrogen) atoms. The van der Waals surface area contributed by atoms with E-state index >= 15 is 0 Å². The molecule has 1 atom stereocenters. The molecule has 1 rings (SSSR count). The summed E-state index contributed by atoms with van der Waals surface area (Å²) >= 11 is 0. The van der Waals surface area contributed by atoms with Gasteiger partial charge in [-0.15, -0.1) is 0 Å². The zero-order valence-corrected chi connectivity index (χ0v) is 9.10. The number of amides is 1. The van der Waals surface area contributed by atoms with Crippen molar-refractivity contribution in [3.05, 3.63) is 29.8 Å². The molecule has 0 spiro atoms. The Morgan fingerprint density at radius 3 is 2.94 bits per heavy atom. The van der Waals surface area contributed by atoms with Gasteiger partial charge in [0.25, 0.3) is 0 Å². The first kappa shape index (κ1) is 12.1. The number of benzene rings is 1. The van der Waals surface area contributed by atoms with Gasteiger partial charge in [-0.25, -0.2) is 0 Å². The highest BCUT2D eigenvalue weighted by Crippen LogP contribution is 2.11. The minimum Gasteiger partial charge on any atom is -0.508 e. The molecule has 1 amide bonds. The maximum Gasteiger partial charge on any atom is 0.225 e. The van der Waals surface area contributed by atoms with Crippen LogP contribution in [0.1, 0.15) is 18.9 Å². The van der Waals surface area contributed by atoms with Crippen molar-refractivity contribution in [2.24, 2.45) is 0 Å². The van der Waals surface area contributed by atoms with Crippen LogP contribution < -0.4 is 5.32 Å². The van der Waals surface area contributed by atoms with Crippen molar-refractivity contribution in [2.75, 3.05) is 0 Å². The quantitative estimate of drug-likeness (QED) is 0.801. The highest BCUT2D eigenvalue weighted by Gasteiger charge is 2.09. The van der Waals surface area contributed by atoms with Gasteiger partial charge < -0.3 is 10.4 Å². The Kier molecular flexibility index (Phi) is 4.34. The fourth-order valence-electron chi connectivity index (χ4n) is 1.32. The summed E-state index contributed by atoms with van der Waals surface area (Å²) in [7, 11) is 0. The van der Waals surface area contributed by atoms with Gasteiger partial charge in [-0.05, 0) is 24.1 Å². The van der Waals surface area contributed by atoms with Crippen molar-refractivity contribution in [1.82, 2.24) is 5.32 Å². The van der Waals surface area contributed by atoms with Crippen LogP contribution in [0.2, 0.25) is 0 Å². The van der Waals surface area contributed by atoms with Crippen LogP contribution in [0, 0.1) is 11.3 Å². The van der Waals surface area contributed by atoms with E-state index in [4.69, 9.17) is 5.26 Å². The summed E-state index contributed by atoms with van der Waals surface area (Å²) in [5, 5.41) is 20.5. The van der Waals surface area contributed by atoms with Crippen molar-refractivity contribution < 1.29 is 9.90 Å². The number of nitrogens with one attached hydrogen (secondary N) is 1. The molecule has 1 unspecified atom stereocenters. The lowest BCUT2D eigenvalue weighted by molar-refractivity contribution is -0.120. The lowest BCUT2D eigenvalue weighted by Crippen LogP contribution is -2.34. The molecule has 0 saturated heterocycles. The smallest absolute Gasteiger partial charge is 0.225 e. The van der Waals surface area contributed by atoms with Crippen LogP contribution in [0.25, 0.3) is 0 Å². The first-order valence-corrected chi connectivity index (χ1v) is 5.12. The molecule has 0 aliphatic carbocycles. The van der Waals surface area contributed by atoms with Crippen molar-refractivity contribution >= 4 is 5.91 Å². The highest BCUT2D eigenvalue weighted by molar-refractivity contribution is 5.79. The Hall–Kier alpha value is -2.02. The van der Waals surface area contributed by atoms with E-state index in [1.165, 1.54) is 6.07 Å². The zero-order chi connectivity index (χ0) is 12.0. The Balaban J connectivity index is 2.55. The molecule has 0 saturated carbocycles. The molecule has 0 aliphatic rings. The number of carbonyl (C=O) groups is 1. The van der Waals surface area contributed by atoms with Crippen LogP contribution in [0.15, 0.2) is 24.3 Å². The van der Waals surface area contributed by atoms with Gasteiger partial charge in [0, 0.05) is 0 Å². The van der Waals surface area contributed by atoms with E-state index in [-0.39, 0.29) is 18.1 Å². The third kappa shape index (κ3) is 3.62. The second-order valence-electron chi connectivity index (χ2n) is 3.50.